The van der Waals surface area contributed by atoms with Crippen molar-refractivity contribution in [1.82, 2.24) is 14.7 Å². The monoisotopic (exact) mass is 465 g/mol. The Labute approximate surface area is 193 Å². The second-order valence-corrected chi connectivity index (χ2v) is 11.6. The molecule has 0 spiro atoms. The van der Waals surface area contributed by atoms with Gasteiger partial charge in [-0.2, -0.15) is 0 Å². The predicted octanol–water partition coefficient (Wildman–Crippen LogP) is 6.14. The summed E-state index contributed by atoms with van der Waals surface area (Å²) in [4.78, 5) is 10.6. The van der Waals surface area contributed by atoms with Crippen LogP contribution >= 0.6 is 11.8 Å². The molecule has 0 atom stereocenters. The molecular formula is C25H27N3O2S2. The molecule has 0 saturated heterocycles. The van der Waals surface area contributed by atoms with Gasteiger partial charge >= 0.3 is 0 Å². The van der Waals surface area contributed by atoms with Crippen LogP contribution in [0.5, 0.6) is 0 Å². The van der Waals surface area contributed by atoms with E-state index in [-0.39, 0.29) is 0 Å². The van der Waals surface area contributed by atoms with Gasteiger partial charge in [-0.05, 0) is 75.1 Å². The van der Waals surface area contributed by atoms with Crippen LogP contribution in [0.3, 0.4) is 0 Å². The zero-order valence-corrected chi connectivity index (χ0v) is 20.1. The quantitative estimate of drug-likeness (QED) is 0.459. The highest BCUT2D eigenvalue weighted by atomic mass is 32.2. The summed E-state index contributed by atoms with van der Waals surface area (Å²) in [6.45, 7) is 9.35. The molecule has 3 aromatic rings. The highest BCUT2D eigenvalue weighted by Gasteiger charge is 2.26. The van der Waals surface area contributed by atoms with Crippen LogP contribution in [0.1, 0.15) is 44.9 Å². The van der Waals surface area contributed by atoms with Crippen LogP contribution in [0.15, 0.2) is 76.0 Å². The molecule has 5 nitrogen and oxygen atoms in total. The lowest BCUT2D eigenvalue weighted by atomic mass is 10.0. The number of aromatic amines is 1. The fourth-order valence-electron chi connectivity index (χ4n) is 3.64. The number of fused-ring (bicyclic) bond motifs is 1. The van der Waals surface area contributed by atoms with Crippen LogP contribution in [-0.2, 0) is 10.0 Å². The van der Waals surface area contributed by atoms with Gasteiger partial charge in [-0.25, -0.2) is 18.1 Å². The standard InChI is InChI=1S/C25H27N3O2S2/c1-5-17-8-12-19(13-9-17)31-23-21-7-6-16-26-24(21)27-22(23)18-10-14-20(15-11-18)32(29,30)28-25(2,3)4/h5-10,12-14,16,28H,1,11,15H2,2-4H3,(H,26,27). The maximum Gasteiger partial charge on any atom is 0.237 e. The first kappa shape index (κ1) is 22.6. The molecule has 0 saturated carbocycles. The zero-order chi connectivity index (χ0) is 22.9. The van der Waals surface area contributed by atoms with Gasteiger partial charge < -0.3 is 4.98 Å². The molecule has 2 heterocycles. The maximum atomic E-state index is 12.7. The van der Waals surface area contributed by atoms with Gasteiger partial charge in [0.15, 0.2) is 0 Å². The highest BCUT2D eigenvalue weighted by Crippen LogP contribution is 2.41. The summed E-state index contributed by atoms with van der Waals surface area (Å²) in [5, 5.41) is 1.05. The van der Waals surface area contributed by atoms with Gasteiger partial charge in [-0.1, -0.05) is 42.6 Å². The summed E-state index contributed by atoms with van der Waals surface area (Å²) in [5.41, 5.74) is 3.45. The van der Waals surface area contributed by atoms with Gasteiger partial charge in [-0.15, -0.1) is 0 Å². The second kappa shape index (κ2) is 8.73. The number of hydrogen-bond acceptors (Lipinski definition) is 4. The van der Waals surface area contributed by atoms with Crippen molar-refractivity contribution in [3.63, 3.8) is 0 Å². The lowest BCUT2D eigenvalue weighted by molar-refractivity contribution is 0.494. The Balaban J connectivity index is 1.71. The van der Waals surface area contributed by atoms with Crippen LogP contribution in [0.4, 0.5) is 0 Å². The van der Waals surface area contributed by atoms with Gasteiger partial charge in [0, 0.05) is 26.9 Å². The summed E-state index contributed by atoms with van der Waals surface area (Å²) in [6, 6.07) is 12.2. The molecule has 32 heavy (non-hydrogen) atoms. The van der Waals surface area contributed by atoms with Crippen LogP contribution in [0.2, 0.25) is 0 Å². The third-order valence-corrected chi connectivity index (χ3v) is 8.12. The van der Waals surface area contributed by atoms with Crippen molar-refractivity contribution >= 4 is 44.5 Å². The third kappa shape index (κ3) is 4.90. The van der Waals surface area contributed by atoms with Crippen molar-refractivity contribution in [2.75, 3.05) is 0 Å². The first-order valence-corrected chi connectivity index (χ1v) is 12.8. The Morgan fingerprint density at radius 1 is 1.12 bits per heavy atom. The Bertz CT molecular complexity index is 1330. The molecule has 4 rings (SSSR count). The number of sulfonamides is 1. The number of rotatable bonds is 6. The van der Waals surface area contributed by atoms with E-state index in [1.54, 1.807) is 24.0 Å². The molecule has 0 fully saturated rings. The summed E-state index contributed by atoms with van der Waals surface area (Å²) < 4.78 is 28.2. The first-order chi connectivity index (χ1) is 15.2. The number of nitrogens with one attached hydrogen (secondary N) is 2. The van der Waals surface area contributed by atoms with Gasteiger partial charge in [0.1, 0.15) is 5.65 Å². The van der Waals surface area contributed by atoms with Crippen molar-refractivity contribution in [2.45, 2.75) is 48.9 Å². The Kier molecular flexibility index (Phi) is 6.16. The van der Waals surface area contributed by atoms with Crippen molar-refractivity contribution in [3.8, 4) is 0 Å². The van der Waals surface area contributed by atoms with E-state index < -0.39 is 15.6 Å². The van der Waals surface area contributed by atoms with Gasteiger partial charge in [0.05, 0.1) is 10.6 Å². The highest BCUT2D eigenvalue weighted by molar-refractivity contribution is 7.99. The van der Waals surface area contributed by atoms with Crippen LogP contribution in [-0.4, -0.2) is 23.9 Å². The average molecular weight is 466 g/mol. The van der Waals surface area contributed by atoms with Gasteiger partial charge in [0.25, 0.3) is 0 Å². The third-order valence-electron chi connectivity index (χ3n) is 5.08. The predicted molar refractivity (Wildman–Crippen MR) is 134 cm³/mol. The van der Waals surface area contributed by atoms with Crippen molar-refractivity contribution in [2.24, 2.45) is 0 Å². The number of pyridine rings is 1. The minimum Gasteiger partial charge on any atom is -0.339 e. The Morgan fingerprint density at radius 2 is 1.88 bits per heavy atom. The molecule has 1 aromatic carbocycles. The van der Waals surface area contributed by atoms with Crippen LogP contribution in [0, 0.1) is 0 Å². The topological polar surface area (TPSA) is 74.8 Å². The first-order valence-electron chi connectivity index (χ1n) is 10.5. The number of H-pyrrole nitrogens is 1. The van der Waals surface area contributed by atoms with Gasteiger partial charge in [-0.3, -0.25) is 0 Å². The second-order valence-electron chi connectivity index (χ2n) is 8.78. The fraction of sp³-hybridized carbons (Fsp3) is 0.240. The largest absolute Gasteiger partial charge is 0.339 e. The molecule has 1 aliphatic carbocycles. The van der Waals surface area contributed by atoms with Gasteiger partial charge in [0.2, 0.25) is 10.0 Å². The number of hydrogen-bond donors (Lipinski definition) is 2. The SMILES string of the molecule is C=Cc1ccc(Sc2c(C3=CC=C(S(=O)(=O)NC(C)(C)C)CC3)[nH]c3ncccc23)cc1. The molecule has 2 N–H and O–H groups in total. The fourth-order valence-corrected chi connectivity index (χ4v) is 6.26. The lowest BCUT2D eigenvalue weighted by Gasteiger charge is -2.23. The molecule has 1 aliphatic rings. The summed E-state index contributed by atoms with van der Waals surface area (Å²) in [5.74, 6) is 0. The van der Waals surface area contributed by atoms with E-state index in [0.717, 1.165) is 37.7 Å². The molecule has 166 valence electrons. The van der Waals surface area contributed by atoms with E-state index >= 15 is 0 Å². The molecule has 0 aliphatic heterocycles. The summed E-state index contributed by atoms with van der Waals surface area (Å²) >= 11 is 1.68. The Hall–Kier alpha value is -2.61. The number of aromatic nitrogens is 2. The van der Waals surface area contributed by atoms with E-state index in [4.69, 9.17) is 0 Å². The van der Waals surface area contributed by atoms with Crippen molar-refractivity contribution in [3.05, 3.63) is 77.5 Å². The van der Waals surface area contributed by atoms with E-state index in [9.17, 15) is 8.42 Å². The smallest absolute Gasteiger partial charge is 0.237 e. The van der Waals surface area contributed by atoms with E-state index in [1.165, 1.54) is 0 Å². The lowest BCUT2D eigenvalue weighted by Crippen LogP contribution is -2.41. The van der Waals surface area contributed by atoms with Crippen LogP contribution < -0.4 is 4.72 Å². The Morgan fingerprint density at radius 3 is 2.50 bits per heavy atom. The number of allylic oxidation sites excluding steroid dienone is 4. The van der Waals surface area contributed by atoms with Crippen molar-refractivity contribution < 1.29 is 8.42 Å². The molecular weight excluding hydrogens is 438 g/mol. The molecule has 0 amide bonds. The molecule has 0 unspecified atom stereocenters. The van der Waals surface area contributed by atoms with E-state index in [2.05, 4.69) is 39.5 Å². The summed E-state index contributed by atoms with van der Waals surface area (Å²) in [7, 11) is -3.51. The molecule has 7 heteroatoms. The minimum atomic E-state index is -3.51. The summed E-state index contributed by atoms with van der Waals surface area (Å²) in [6.07, 6.45) is 8.32. The normalized spacial score (nSPS) is 14.8. The van der Waals surface area contributed by atoms with E-state index in [0.29, 0.717) is 17.7 Å². The molecule has 0 bridgehead atoms. The molecule has 2 aromatic heterocycles. The zero-order valence-electron chi connectivity index (χ0n) is 18.5. The van der Waals surface area contributed by atoms with Crippen molar-refractivity contribution in [1.29, 1.82) is 0 Å². The minimum absolute atomic E-state index is 0.416. The number of nitrogens with zero attached hydrogens (tertiary/aromatic N) is 1. The molecule has 0 radical (unpaired) electrons. The van der Waals surface area contributed by atoms with Crippen LogP contribution in [0.25, 0.3) is 22.7 Å². The van der Waals surface area contributed by atoms with E-state index in [1.807, 2.05) is 51.1 Å². The maximum absolute atomic E-state index is 12.7. The number of benzene rings is 1. The average Bonchev–Trinajstić information content (AvgIpc) is 3.11.